The fourth-order valence-corrected chi connectivity index (χ4v) is 3.53. The van der Waals surface area contributed by atoms with E-state index < -0.39 is 0 Å². The number of nitrogens with one attached hydrogen (secondary N) is 1. The Morgan fingerprint density at radius 3 is 2.59 bits per heavy atom. The summed E-state index contributed by atoms with van der Waals surface area (Å²) in [5.41, 5.74) is 2.24. The lowest BCUT2D eigenvalue weighted by molar-refractivity contribution is -0.121. The van der Waals surface area contributed by atoms with Gasteiger partial charge in [-0.15, -0.1) is 0 Å². The van der Waals surface area contributed by atoms with Gasteiger partial charge in [0.25, 0.3) is 0 Å². The van der Waals surface area contributed by atoms with Gasteiger partial charge in [0.2, 0.25) is 5.91 Å². The van der Waals surface area contributed by atoms with Crippen molar-refractivity contribution in [3.05, 3.63) is 77.3 Å². The number of amides is 1. The first-order valence-corrected chi connectivity index (χ1v) is 9.56. The quantitative estimate of drug-likeness (QED) is 0.642. The molecule has 138 valence electrons. The average molecular weight is 381 g/mol. The number of carbonyl (C=O) groups is 1. The second-order valence-corrected chi connectivity index (χ2v) is 7.43. The van der Waals surface area contributed by atoms with E-state index in [2.05, 4.69) is 34.6 Å². The topological polar surface area (TPSA) is 55.1 Å². The van der Waals surface area contributed by atoms with Crippen molar-refractivity contribution in [2.75, 3.05) is 6.54 Å². The van der Waals surface area contributed by atoms with Crippen molar-refractivity contribution >= 4 is 17.5 Å². The van der Waals surface area contributed by atoms with Gasteiger partial charge in [0.05, 0.1) is 11.2 Å². The number of aromatic nitrogens is 1. The Morgan fingerprint density at radius 2 is 1.85 bits per heavy atom. The summed E-state index contributed by atoms with van der Waals surface area (Å²) in [4.78, 5) is 16.5. The largest absolute Gasteiger partial charge is 0.441 e. The van der Waals surface area contributed by atoms with Gasteiger partial charge in [0, 0.05) is 30.4 Å². The van der Waals surface area contributed by atoms with Gasteiger partial charge in [-0.05, 0) is 30.5 Å². The third-order valence-electron chi connectivity index (χ3n) is 5.12. The van der Waals surface area contributed by atoms with Gasteiger partial charge in [-0.2, -0.15) is 0 Å². The first-order chi connectivity index (χ1) is 13.2. The van der Waals surface area contributed by atoms with Crippen molar-refractivity contribution in [1.29, 1.82) is 0 Å². The molecule has 1 aliphatic carbocycles. The number of nitrogens with zero attached hydrogens (tertiary/aromatic N) is 1. The van der Waals surface area contributed by atoms with Gasteiger partial charge < -0.3 is 9.73 Å². The zero-order chi connectivity index (χ0) is 18.7. The molecule has 1 amide bonds. The molecule has 1 N–H and O–H groups in total. The Labute approximate surface area is 163 Å². The highest BCUT2D eigenvalue weighted by Gasteiger charge is 2.44. The molecule has 2 aromatic carbocycles. The maximum atomic E-state index is 12.3. The third-order valence-corrected chi connectivity index (χ3v) is 5.45. The monoisotopic (exact) mass is 380 g/mol. The van der Waals surface area contributed by atoms with E-state index in [0.717, 1.165) is 18.4 Å². The highest BCUT2D eigenvalue weighted by Crippen LogP contribution is 2.47. The Kier molecular flexibility index (Phi) is 4.99. The highest BCUT2D eigenvalue weighted by atomic mass is 35.5. The van der Waals surface area contributed by atoms with Crippen LogP contribution in [0.3, 0.4) is 0 Å². The Morgan fingerprint density at radius 1 is 1.11 bits per heavy atom. The van der Waals surface area contributed by atoms with Crippen molar-refractivity contribution in [2.45, 2.75) is 31.1 Å². The first kappa shape index (κ1) is 17.8. The molecule has 5 heteroatoms. The molecule has 0 radical (unpaired) electrons. The fraction of sp³-hybridized carbons (Fsp3) is 0.273. The summed E-state index contributed by atoms with van der Waals surface area (Å²) in [6.45, 7) is 0.687. The van der Waals surface area contributed by atoms with Crippen LogP contribution in [0.2, 0.25) is 5.02 Å². The van der Waals surface area contributed by atoms with Crippen LogP contribution >= 0.6 is 11.6 Å². The summed E-state index contributed by atoms with van der Waals surface area (Å²) < 4.78 is 5.75. The minimum atomic E-state index is 0.0229. The van der Waals surface area contributed by atoms with Crippen molar-refractivity contribution in [3.8, 4) is 11.3 Å². The van der Waals surface area contributed by atoms with E-state index in [1.54, 1.807) is 6.20 Å². The summed E-state index contributed by atoms with van der Waals surface area (Å²) in [6, 6.07) is 17.9. The molecule has 1 heterocycles. The van der Waals surface area contributed by atoms with Crippen molar-refractivity contribution < 1.29 is 9.21 Å². The third kappa shape index (κ3) is 4.06. The molecular formula is C22H21ClN2O2. The van der Waals surface area contributed by atoms with Crippen LogP contribution in [-0.2, 0) is 16.6 Å². The molecule has 0 spiro atoms. The van der Waals surface area contributed by atoms with Crippen LogP contribution in [0.1, 0.15) is 30.7 Å². The molecular weight excluding hydrogens is 360 g/mol. The average Bonchev–Trinajstić information content (AvgIpc) is 3.36. The Hall–Kier alpha value is -2.59. The number of halogens is 1. The predicted molar refractivity (Wildman–Crippen MR) is 106 cm³/mol. The van der Waals surface area contributed by atoms with Crippen LogP contribution in [0.4, 0.5) is 0 Å². The Balaban J connectivity index is 1.30. The molecule has 0 saturated heterocycles. The minimum absolute atomic E-state index is 0.0229. The number of hydrogen-bond donors (Lipinski definition) is 1. The van der Waals surface area contributed by atoms with Gasteiger partial charge >= 0.3 is 0 Å². The van der Waals surface area contributed by atoms with Gasteiger partial charge in [0.15, 0.2) is 11.7 Å². The van der Waals surface area contributed by atoms with Gasteiger partial charge in [-0.3, -0.25) is 4.79 Å². The molecule has 0 atom stereocenters. The van der Waals surface area contributed by atoms with Gasteiger partial charge in [-0.25, -0.2) is 4.98 Å². The second-order valence-electron chi connectivity index (χ2n) is 7.02. The highest BCUT2D eigenvalue weighted by molar-refractivity contribution is 6.33. The number of benzene rings is 2. The zero-order valence-corrected chi connectivity index (χ0v) is 15.7. The van der Waals surface area contributed by atoms with Gasteiger partial charge in [-0.1, -0.05) is 54.1 Å². The van der Waals surface area contributed by atoms with Crippen molar-refractivity contribution in [1.82, 2.24) is 10.3 Å². The molecule has 3 aromatic rings. The number of oxazole rings is 1. The summed E-state index contributed by atoms with van der Waals surface area (Å²) in [7, 11) is 0. The lowest BCUT2D eigenvalue weighted by Crippen LogP contribution is -2.32. The molecule has 4 rings (SSSR count). The van der Waals surface area contributed by atoms with Crippen LogP contribution < -0.4 is 5.32 Å². The maximum Gasteiger partial charge on any atom is 0.220 e. The van der Waals surface area contributed by atoms with Crippen LogP contribution in [0.25, 0.3) is 11.3 Å². The predicted octanol–water partition coefficient (Wildman–Crippen LogP) is 4.78. The summed E-state index contributed by atoms with van der Waals surface area (Å²) in [5.74, 6) is 1.19. The van der Waals surface area contributed by atoms with Crippen LogP contribution in [0.5, 0.6) is 0 Å². The molecule has 0 aliphatic heterocycles. The van der Waals surface area contributed by atoms with Crippen LogP contribution in [0, 0.1) is 0 Å². The van der Waals surface area contributed by atoms with Gasteiger partial charge in [0.1, 0.15) is 0 Å². The van der Waals surface area contributed by atoms with E-state index in [1.807, 2.05) is 30.3 Å². The Bertz CT molecular complexity index is 932. The standard InChI is InChI=1S/C22H21ClN2O2/c23-18-9-5-4-8-17(18)19-14-24-21(27-19)11-10-20(26)25-15-22(12-13-22)16-6-2-1-3-7-16/h1-9,14H,10-13,15H2,(H,25,26). The van der Waals surface area contributed by atoms with Crippen LogP contribution in [0.15, 0.2) is 65.2 Å². The summed E-state index contributed by atoms with van der Waals surface area (Å²) in [6.07, 6.45) is 4.72. The molecule has 0 unspecified atom stereocenters. The summed E-state index contributed by atoms with van der Waals surface area (Å²) in [5, 5.41) is 3.69. The molecule has 1 saturated carbocycles. The molecule has 4 nitrogen and oxygen atoms in total. The second kappa shape index (κ2) is 7.57. The zero-order valence-electron chi connectivity index (χ0n) is 15.0. The number of aryl methyl sites for hydroxylation is 1. The van der Waals surface area contributed by atoms with Crippen molar-refractivity contribution in [2.24, 2.45) is 0 Å². The molecule has 0 bridgehead atoms. The molecule has 1 fully saturated rings. The molecule has 27 heavy (non-hydrogen) atoms. The summed E-state index contributed by atoms with van der Waals surface area (Å²) >= 11 is 6.18. The number of rotatable bonds is 7. The minimum Gasteiger partial charge on any atom is -0.441 e. The van der Waals surface area contributed by atoms with Crippen LogP contribution in [-0.4, -0.2) is 17.4 Å². The van der Waals surface area contributed by atoms with E-state index in [-0.39, 0.29) is 11.3 Å². The fourth-order valence-electron chi connectivity index (χ4n) is 3.30. The number of carbonyl (C=O) groups excluding carboxylic acids is 1. The van der Waals surface area contributed by atoms with E-state index >= 15 is 0 Å². The van der Waals surface area contributed by atoms with E-state index in [0.29, 0.717) is 36.1 Å². The smallest absolute Gasteiger partial charge is 0.220 e. The first-order valence-electron chi connectivity index (χ1n) is 9.18. The number of hydrogen-bond acceptors (Lipinski definition) is 3. The molecule has 1 aromatic heterocycles. The van der Waals surface area contributed by atoms with E-state index in [4.69, 9.17) is 16.0 Å². The lowest BCUT2D eigenvalue weighted by atomic mass is 9.96. The maximum absolute atomic E-state index is 12.3. The van der Waals surface area contributed by atoms with Crippen molar-refractivity contribution in [3.63, 3.8) is 0 Å². The lowest BCUT2D eigenvalue weighted by Gasteiger charge is -2.16. The van der Waals surface area contributed by atoms with E-state index in [1.165, 1.54) is 5.56 Å². The SMILES string of the molecule is O=C(CCc1ncc(-c2ccccc2Cl)o1)NCC1(c2ccccc2)CC1. The normalized spacial score (nSPS) is 14.7. The van der Waals surface area contributed by atoms with E-state index in [9.17, 15) is 4.79 Å². The molecule has 1 aliphatic rings.